The van der Waals surface area contributed by atoms with E-state index in [1.54, 1.807) is 14.2 Å². The first-order chi connectivity index (χ1) is 14.1. The summed E-state index contributed by atoms with van der Waals surface area (Å²) in [6.45, 7) is 2.02. The van der Waals surface area contributed by atoms with E-state index in [-0.39, 0.29) is 11.9 Å². The predicted molar refractivity (Wildman–Crippen MR) is 114 cm³/mol. The Labute approximate surface area is 169 Å². The zero-order chi connectivity index (χ0) is 20.4. The molecule has 1 heterocycles. The lowest BCUT2D eigenvalue weighted by molar-refractivity contribution is 0.0909. The molecule has 1 unspecified atom stereocenters. The molecule has 0 aliphatic heterocycles. The van der Waals surface area contributed by atoms with Crippen LogP contribution in [-0.2, 0) is 0 Å². The second-order valence-corrected chi connectivity index (χ2v) is 6.86. The molecule has 5 heteroatoms. The van der Waals surface area contributed by atoms with E-state index >= 15 is 0 Å². The third kappa shape index (κ3) is 3.51. The first kappa shape index (κ1) is 18.9. The van der Waals surface area contributed by atoms with Crippen molar-refractivity contribution in [1.29, 1.82) is 0 Å². The first-order valence-electron chi connectivity index (χ1n) is 9.58. The second kappa shape index (κ2) is 7.87. The number of hydrogen-bond donors (Lipinski definition) is 1. The Morgan fingerprint density at radius 2 is 1.76 bits per heavy atom. The summed E-state index contributed by atoms with van der Waals surface area (Å²) in [6, 6.07) is 19.3. The molecule has 4 rings (SSSR count). The topological polar surface area (TPSA) is 60.7 Å². The highest BCUT2D eigenvalue weighted by molar-refractivity contribution is 6.08. The van der Waals surface area contributed by atoms with E-state index in [0.29, 0.717) is 22.8 Å². The molecule has 1 atom stereocenters. The van der Waals surface area contributed by atoms with Gasteiger partial charge in [0, 0.05) is 5.39 Å². The monoisotopic (exact) mass is 389 g/mol. The number of rotatable bonds is 6. The van der Waals surface area contributed by atoms with Crippen LogP contribution in [0.1, 0.15) is 35.5 Å². The SMILES string of the molecule is CCC(NC(=O)c1cc2c(ccc3ccccc32)o1)c1ccc(OC)c(OC)c1. The molecule has 0 saturated heterocycles. The third-order valence-electron chi connectivity index (χ3n) is 5.17. The number of fused-ring (bicyclic) bond motifs is 3. The average Bonchev–Trinajstić information content (AvgIpc) is 3.22. The lowest BCUT2D eigenvalue weighted by Crippen LogP contribution is -2.27. The van der Waals surface area contributed by atoms with E-state index in [9.17, 15) is 4.79 Å². The van der Waals surface area contributed by atoms with Crippen LogP contribution in [0.15, 0.2) is 65.1 Å². The number of nitrogens with one attached hydrogen (secondary N) is 1. The van der Waals surface area contributed by atoms with E-state index in [4.69, 9.17) is 13.9 Å². The highest BCUT2D eigenvalue weighted by Gasteiger charge is 2.19. The quantitative estimate of drug-likeness (QED) is 0.474. The lowest BCUT2D eigenvalue weighted by atomic mass is 10.0. The van der Waals surface area contributed by atoms with Crippen LogP contribution in [0.3, 0.4) is 0 Å². The molecule has 148 valence electrons. The van der Waals surface area contributed by atoms with E-state index < -0.39 is 0 Å². The van der Waals surface area contributed by atoms with Gasteiger partial charge in [-0.05, 0) is 47.0 Å². The molecular weight excluding hydrogens is 366 g/mol. The Morgan fingerprint density at radius 3 is 2.52 bits per heavy atom. The largest absolute Gasteiger partial charge is 0.493 e. The van der Waals surface area contributed by atoms with Crippen molar-refractivity contribution in [2.75, 3.05) is 14.2 Å². The number of carbonyl (C=O) groups is 1. The highest BCUT2D eigenvalue weighted by Crippen LogP contribution is 2.32. The fourth-order valence-electron chi connectivity index (χ4n) is 3.62. The molecule has 5 nitrogen and oxygen atoms in total. The maximum Gasteiger partial charge on any atom is 0.287 e. The second-order valence-electron chi connectivity index (χ2n) is 6.86. The van der Waals surface area contributed by atoms with Gasteiger partial charge in [0.1, 0.15) is 5.58 Å². The molecule has 0 aliphatic rings. The average molecular weight is 389 g/mol. The van der Waals surface area contributed by atoms with E-state index in [1.165, 1.54) is 0 Å². The van der Waals surface area contributed by atoms with Crippen LogP contribution in [0.2, 0.25) is 0 Å². The molecule has 3 aromatic carbocycles. The molecule has 29 heavy (non-hydrogen) atoms. The molecule has 1 aromatic heterocycles. The fourth-order valence-corrected chi connectivity index (χ4v) is 3.62. The molecule has 0 bridgehead atoms. The summed E-state index contributed by atoms with van der Waals surface area (Å²) in [5.41, 5.74) is 1.65. The molecule has 0 saturated carbocycles. The number of methoxy groups -OCH3 is 2. The number of amides is 1. The van der Waals surface area contributed by atoms with Crippen molar-refractivity contribution in [2.45, 2.75) is 19.4 Å². The summed E-state index contributed by atoms with van der Waals surface area (Å²) in [6.07, 6.45) is 0.727. The van der Waals surface area contributed by atoms with Crippen molar-refractivity contribution in [3.63, 3.8) is 0 Å². The smallest absolute Gasteiger partial charge is 0.287 e. The number of carbonyl (C=O) groups excluding carboxylic acids is 1. The van der Waals surface area contributed by atoms with E-state index in [2.05, 4.69) is 5.32 Å². The lowest BCUT2D eigenvalue weighted by Gasteiger charge is -2.18. The van der Waals surface area contributed by atoms with Gasteiger partial charge in [0.2, 0.25) is 0 Å². The molecular formula is C24H23NO4. The van der Waals surface area contributed by atoms with Gasteiger partial charge in [0.05, 0.1) is 20.3 Å². The summed E-state index contributed by atoms with van der Waals surface area (Å²) >= 11 is 0. The van der Waals surface area contributed by atoms with Crippen LogP contribution in [-0.4, -0.2) is 20.1 Å². The maximum absolute atomic E-state index is 12.9. The first-order valence-corrected chi connectivity index (χ1v) is 9.58. The minimum absolute atomic E-state index is 0.174. The fraction of sp³-hybridized carbons (Fsp3) is 0.208. The molecule has 0 spiro atoms. The minimum Gasteiger partial charge on any atom is -0.493 e. The van der Waals surface area contributed by atoms with Gasteiger partial charge in [0.15, 0.2) is 17.3 Å². The summed E-state index contributed by atoms with van der Waals surface area (Å²) in [5.74, 6) is 1.34. The third-order valence-corrected chi connectivity index (χ3v) is 5.17. The Bertz CT molecular complexity index is 1180. The van der Waals surface area contributed by atoms with Gasteiger partial charge in [-0.2, -0.15) is 0 Å². The predicted octanol–water partition coefficient (Wildman–Crippen LogP) is 5.48. The number of benzene rings is 3. The molecule has 4 aromatic rings. The van der Waals surface area contributed by atoms with Crippen molar-refractivity contribution in [3.05, 3.63) is 72.0 Å². The molecule has 0 aliphatic carbocycles. The van der Waals surface area contributed by atoms with Gasteiger partial charge in [-0.15, -0.1) is 0 Å². The van der Waals surface area contributed by atoms with E-state index in [0.717, 1.165) is 28.1 Å². The summed E-state index contributed by atoms with van der Waals surface area (Å²) < 4.78 is 16.5. The zero-order valence-electron chi connectivity index (χ0n) is 16.7. The van der Waals surface area contributed by atoms with Crippen molar-refractivity contribution >= 4 is 27.6 Å². The van der Waals surface area contributed by atoms with Crippen molar-refractivity contribution in [2.24, 2.45) is 0 Å². The van der Waals surface area contributed by atoms with Crippen LogP contribution >= 0.6 is 0 Å². The highest BCUT2D eigenvalue weighted by atomic mass is 16.5. The Morgan fingerprint density at radius 1 is 0.966 bits per heavy atom. The van der Waals surface area contributed by atoms with Crippen LogP contribution in [0, 0.1) is 0 Å². The van der Waals surface area contributed by atoms with Gasteiger partial charge in [0.25, 0.3) is 5.91 Å². The van der Waals surface area contributed by atoms with Gasteiger partial charge in [-0.25, -0.2) is 0 Å². The summed E-state index contributed by atoms with van der Waals surface area (Å²) in [7, 11) is 3.20. The van der Waals surface area contributed by atoms with Crippen LogP contribution in [0.25, 0.3) is 21.7 Å². The molecule has 1 N–H and O–H groups in total. The van der Waals surface area contributed by atoms with Crippen LogP contribution < -0.4 is 14.8 Å². The standard InChI is InChI=1S/C24H23NO4/c1-4-19(16-10-12-21(27-2)22(13-16)28-3)25-24(26)23-14-18-17-8-6-5-7-15(17)9-11-20(18)29-23/h5-14,19H,4H2,1-3H3,(H,25,26). The minimum atomic E-state index is -0.244. The number of hydrogen-bond acceptors (Lipinski definition) is 4. The molecule has 1 amide bonds. The van der Waals surface area contributed by atoms with Gasteiger partial charge in [-0.3, -0.25) is 4.79 Å². The summed E-state index contributed by atoms with van der Waals surface area (Å²) in [5, 5.41) is 6.19. The van der Waals surface area contributed by atoms with E-state index in [1.807, 2.05) is 67.6 Å². The molecule has 0 fully saturated rings. The van der Waals surface area contributed by atoms with Gasteiger partial charge < -0.3 is 19.2 Å². The van der Waals surface area contributed by atoms with Crippen molar-refractivity contribution in [3.8, 4) is 11.5 Å². The zero-order valence-corrected chi connectivity index (χ0v) is 16.7. The van der Waals surface area contributed by atoms with Crippen molar-refractivity contribution < 1.29 is 18.7 Å². The number of ether oxygens (including phenoxy) is 2. The maximum atomic E-state index is 12.9. The normalized spacial score (nSPS) is 12.1. The van der Waals surface area contributed by atoms with Crippen LogP contribution in [0.4, 0.5) is 0 Å². The Hall–Kier alpha value is -3.47. The Balaban J connectivity index is 1.63. The molecule has 0 radical (unpaired) electrons. The van der Waals surface area contributed by atoms with Crippen molar-refractivity contribution in [1.82, 2.24) is 5.32 Å². The number of furan rings is 1. The van der Waals surface area contributed by atoms with Gasteiger partial charge in [-0.1, -0.05) is 43.3 Å². The summed E-state index contributed by atoms with van der Waals surface area (Å²) in [4.78, 5) is 12.9. The van der Waals surface area contributed by atoms with Gasteiger partial charge >= 0.3 is 0 Å². The van der Waals surface area contributed by atoms with Crippen LogP contribution in [0.5, 0.6) is 11.5 Å². The Kier molecular flexibility index (Phi) is 5.12.